The Bertz CT molecular complexity index is 1060. The van der Waals surface area contributed by atoms with Crippen LogP contribution in [0.1, 0.15) is 36.8 Å². The van der Waals surface area contributed by atoms with E-state index in [9.17, 15) is 4.79 Å². The molecule has 3 aromatic rings. The first-order valence-corrected chi connectivity index (χ1v) is 12.9. The van der Waals surface area contributed by atoms with Crippen molar-refractivity contribution in [1.82, 2.24) is 4.98 Å². The van der Waals surface area contributed by atoms with Gasteiger partial charge in [0.1, 0.15) is 11.3 Å². The SMILES string of the molecule is COc1ccc(C)c2sc(N(CC3CCCO3)C(=O)CCCSc3ccc(C)cc3)nc12. The van der Waals surface area contributed by atoms with Crippen LogP contribution >= 0.6 is 23.1 Å². The number of thioether (sulfide) groups is 1. The minimum atomic E-state index is 0.0795. The van der Waals surface area contributed by atoms with Crippen LogP contribution in [-0.4, -0.2) is 43.0 Å². The van der Waals surface area contributed by atoms with Crippen molar-refractivity contribution in [3.63, 3.8) is 0 Å². The van der Waals surface area contributed by atoms with Crippen LogP contribution in [0.25, 0.3) is 10.2 Å². The number of carbonyl (C=O) groups is 1. The molecule has 0 N–H and O–H groups in total. The zero-order valence-corrected chi connectivity index (χ0v) is 20.6. The van der Waals surface area contributed by atoms with Crippen LogP contribution in [0, 0.1) is 13.8 Å². The highest BCUT2D eigenvalue weighted by molar-refractivity contribution is 7.99. The Balaban J connectivity index is 1.47. The molecule has 170 valence electrons. The minimum absolute atomic E-state index is 0.0795. The number of aromatic nitrogens is 1. The molecule has 5 nitrogen and oxygen atoms in total. The van der Waals surface area contributed by atoms with Crippen LogP contribution < -0.4 is 9.64 Å². The van der Waals surface area contributed by atoms with Crippen LogP contribution in [0.5, 0.6) is 5.75 Å². The lowest BCUT2D eigenvalue weighted by Crippen LogP contribution is -2.37. The molecule has 0 spiro atoms. The Morgan fingerprint density at radius 1 is 1.25 bits per heavy atom. The summed E-state index contributed by atoms with van der Waals surface area (Å²) >= 11 is 3.36. The lowest BCUT2D eigenvalue weighted by Gasteiger charge is -2.23. The van der Waals surface area contributed by atoms with Crippen molar-refractivity contribution in [3.8, 4) is 5.75 Å². The molecule has 0 bridgehead atoms. The van der Waals surface area contributed by atoms with Gasteiger partial charge in [0.2, 0.25) is 5.91 Å². The first-order valence-electron chi connectivity index (χ1n) is 11.1. The second-order valence-corrected chi connectivity index (χ2v) is 10.3. The van der Waals surface area contributed by atoms with Crippen LogP contribution in [0.4, 0.5) is 5.13 Å². The highest BCUT2D eigenvalue weighted by atomic mass is 32.2. The number of aryl methyl sites for hydroxylation is 2. The summed E-state index contributed by atoms with van der Waals surface area (Å²) < 4.78 is 12.4. The van der Waals surface area contributed by atoms with Crippen LogP contribution in [0.3, 0.4) is 0 Å². The minimum Gasteiger partial charge on any atom is -0.494 e. The molecule has 1 atom stereocenters. The summed E-state index contributed by atoms with van der Waals surface area (Å²) in [6.07, 6.45) is 3.44. The molecule has 32 heavy (non-hydrogen) atoms. The average Bonchev–Trinajstić information content (AvgIpc) is 3.47. The van der Waals surface area contributed by atoms with Crippen LogP contribution in [-0.2, 0) is 9.53 Å². The molecule has 1 aromatic heterocycles. The van der Waals surface area contributed by atoms with Gasteiger partial charge in [-0.3, -0.25) is 9.69 Å². The number of methoxy groups -OCH3 is 1. The van der Waals surface area contributed by atoms with Crippen LogP contribution in [0.2, 0.25) is 0 Å². The van der Waals surface area contributed by atoms with Crippen molar-refractivity contribution < 1.29 is 14.3 Å². The van der Waals surface area contributed by atoms with Gasteiger partial charge in [0.05, 0.1) is 24.5 Å². The molecule has 2 heterocycles. The molecule has 1 aliphatic heterocycles. The fraction of sp³-hybridized carbons (Fsp3) is 0.440. The third-order valence-electron chi connectivity index (χ3n) is 5.68. The van der Waals surface area contributed by atoms with Gasteiger partial charge in [0.25, 0.3) is 0 Å². The number of hydrogen-bond acceptors (Lipinski definition) is 6. The van der Waals surface area contributed by atoms with E-state index in [2.05, 4.69) is 38.1 Å². The fourth-order valence-corrected chi connectivity index (χ4v) is 5.77. The van der Waals surface area contributed by atoms with E-state index in [1.54, 1.807) is 30.2 Å². The Morgan fingerprint density at radius 3 is 2.78 bits per heavy atom. The molecule has 1 unspecified atom stereocenters. The summed E-state index contributed by atoms with van der Waals surface area (Å²) in [5, 5.41) is 0.735. The van der Waals surface area contributed by atoms with Gasteiger partial charge in [-0.15, -0.1) is 11.8 Å². The van der Waals surface area contributed by atoms with Gasteiger partial charge < -0.3 is 9.47 Å². The molecule has 1 fully saturated rings. The van der Waals surface area contributed by atoms with Crippen molar-refractivity contribution in [2.24, 2.45) is 0 Å². The van der Waals surface area contributed by atoms with Crippen molar-refractivity contribution in [2.75, 3.05) is 30.9 Å². The quantitative estimate of drug-likeness (QED) is 0.283. The number of amides is 1. The lowest BCUT2D eigenvalue weighted by molar-refractivity contribution is -0.119. The van der Waals surface area contributed by atoms with Crippen molar-refractivity contribution in [1.29, 1.82) is 0 Å². The summed E-state index contributed by atoms with van der Waals surface area (Å²) in [4.78, 5) is 21.2. The normalized spacial score (nSPS) is 15.9. The Morgan fingerprint density at radius 2 is 2.06 bits per heavy atom. The monoisotopic (exact) mass is 470 g/mol. The number of thiazole rings is 1. The number of ether oxygens (including phenoxy) is 2. The summed E-state index contributed by atoms with van der Waals surface area (Å²) in [5.41, 5.74) is 3.23. The summed E-state index contributed by atoms with van der Waals surface area (Å²) in [6.45, 7) is 5.49. The zero-order valence-electron chi connectivity index (χ0n) is 18.9. The summed E-state index contributed by atoms with van der Waals surface area (Å²) in [7, 11) is 1.66. The van der Waals surface area contributed by atoms with Crippen molar-refractivity contribution in [2.45, 2.75) is 50.5 Å². The van der Waals surface area contributed by atoms with Crippen LogP contribution in [0.15, 0.2) is 41.3 Å². The van der Waals surface area contributed by atoms with E-state index in [1.807, 2.05) is 17.0 Å². The summed E-state index contributed by atoms with van der Waals surface area (Å²) in [6, 6.07) is 12.5. The smallest absolute Gasteiger partial charge is 0.228 e. The Hall–Kier alpha value is -2.09. The molecule has 2 aromatic carbocycles. The maximum Gasteiger partial charge on any atom is 0.228 e. The largest absolute Gasteiger partial charge is 0.494 e. The molecule has 0 aliphatic carbocycles. The van der Waals surface area contributed by atoms with Gasteiger partial charge in [0.15, 0.2) is 5.13 Å². The van der Waals surface area contributed by atoms with Gasteiger partial charge in [-0.2, -0.15) is 0 Å². The predicted octanol–water partition coefficient (Wildman–Crippen LogP) is 6.01. The Kier molecular flexibility index (Phi) is 7.71. The number of fused-ring (bicyclic) bond motifs is 1. The molecule has 4 rings (SSSR count). The molecule has 0 saturated carbocycles. The number of nitrogens with zero attached hydrogens (tertiary/aromatic N) is 2. The number of hydrogen-bond donors (Lipinski definition) is 0. The maximum absolute atomic E-state index is 13.3. The van der Waals surface area contributed by atoms with Gasteiger partial charge in [-0.25, -0.2) is 4.98 Å². The van der Waals surface area contributed by atoms with E-state index in [4.69, 9.17) is 14.5 Å². The first-order chi connectivity index (χ1) is 15.5. The fourth-order valence-electron chi connectivity index (χ4n) is 3.84. The number of carbonyl (C=O) groups excluding carboxylic acids is 1. The molecular formula is C25H30N2O3S2. The van der Waals surface area contributed by atoms with E-state index < -0.39 is 0 Å². The molecule has 0 radical (unpaired) electrons. The van der Waals surface area contributed by atoms with Crippen molar-refractivity contribution in [3.05, 3.63) is 47.5 Å². The van der Waals surface area contributed by atoms with E-state index in [0.717, 1.165) is 58.3 Å². The molecule has 1 saturated heterocycles. The van der Waals surface area contributed by atoms with Gasteiger partial charge in [-0.05, 0) is 62.6 Å². The van der Waals surface area contributed by atoms with Gasteiger partial charge in [-0.1, -0.05) is 35.1 Å². The molecular weight excluding hydrogens is 440 g/mol. The zero-order chi connectivity index (χ0) is 22.5. The highest BCUT2D eigenvalue weighted by Gasteiger charge is 2.26. The number of rotatable bonds is 9. The Labute approximate surface area is 198 Å². The highest BCUT2D eigenvalue weighted by Crippen LogP contribution is 2.37. The molecule has 1 amide bonds. The maximum atomic E-state index is 13.3. The predicted molar refractivity (Wildman–Crippen MR) is 133 cm³/mol. The van der Waals surface area contributed by atoms with Gasteiger partial charge in [0, 0.05) is 17.9 Å². The molecule has 7 heteroatoms. The van der Waals surface area contributed by atoms with Gasteiger partial charge >= 0.3 is 0 Å². The van der Waals surface area contributed by atoms with Crippen molar-refractivity contribution >= 4 is 44.4 Å². The molecule has 1 aliphatic rings. The lowest BCUT2D eigenvalue weighted by atomic mass is 10.2. The van der Waals surface area contributed by atoms with E-state index in [1.165, 1.54) is 10.5 Å². The third kappa shape index (κ3) is 5.45. The first kappa shape index (κ1) is 23.1. The second kappa shape index (κ2) is 10.7. The topological polar surface area (TPSA) is 51.7 Å². The van der Waals surface area contributed by atoms with E-state index in [-0.39, 0.29) is 12.0 Å². The van der Waals surface area contributed by atoms with E-state index >= 15 is 0 Å². The second-order valence-electron chi connectivity index (χ2n) is 8.16. The van der Waals surface area contributed by atoms with E-state index in [0.29, 0.717) is 13.0 Å². The number of anilines is 1. The average molecular weight is 471 g/mol. The number of benzene rings is 2. The summed E-state index contributed by atoms with van der Waals surface area (Å²) in [5.74, 6) is 1.77. The third-order valence-corrected chi connectivity index (χ3v) is 7.99. The standard InChI is InChI=1S/C25H30N2O3S2/c1-17-8-11-20(12-9-17)31-15-5-7-22(28)27(16-19-6-4-14-30-19)25-26-23-21(29-3)13-10-18(2)24(23)32-25/h8-13,19H,4-7,14-16H2,1-3H3.